The van der Waals surface area contributed by atoms with Crippen molar-refractivity contribution in [1.82, 2.24) is 4.90 Å². The van der Waals surface area contributed by atoms with Gasteiger partial charge in [0.05, 0.1) is 6.10 Å². The Bertz CT molecular complexity index is 186. The Balaban J connectivity index is 2.26. The molecular weight excluding hydrogens is 200 g/mol. The monoisotopic (exact) mass is 228 g/mol. The van der Waals surface area contributed by atoms with Crippen LogP contribution in [-0.2, 0) is 4.74 Å². The van der Waals surface area contributed by atoms with Crippen LogP contribution in [0.4, 0.5) is 0 Å². The second-order valence-electron chi connectivity index (χ2n) is 5.33. The van der Waals surface area contributed by atoms with E-state index in [1.54, 1.807) is 0 Å². The number of ether oxygens (including phenoxy) is 1. The van der Waals surface area contributed by atoms with Crippen molar-refractivity contribution in [3.8, 4) is 0 Å². The molecule has 0 aromatic rings. The third-order valence-electron chi connectivity index (χ3n) is 3.34. The molecule has 1 saturated heterocycles. The van der Waals surface area contributed by atoms with Crippen LogP contribution in [0.3, 0.4) is 0 Å². The summed E-state index contributed by atoms with van der Waals surface area (Å²) in [4.78, 5) is 2.49. The molecule has 1 aliphatic rings. The van der Waals surface area contributed by atoms with Crippen molar-refractivity contribution in [1.29, 1.82) is 0 Å². The van der Waals surface area contributed by atoms with Gasteiger partial charge in [-0.2, -0.15) is 0 Å². The van der Waals surface area contributed by atoms with Gasteiger partial charge in [0.15, 0.2) is 0 Å². The summed E-state index contributed by atoms with van der Waals surface area (Å²) in [6, 6.07) is 0. The molecule has 3 heteroatoms. The zero-order valence-corrected chi connectivity index (χ0v) is 11.2. The molecule has 2 N–H and O–H groups in total. The third-order valence-corrected chi connectivity index (χ3v) is 3.34. The van der Waals surface area contributed by atoms with Gasteiger partial charge >= 0.3 is 0 Å². The van der Waals surface area contributed by atoms with Gasteiger partial charge in [-0.3, -0.25) is 0 Å². The number of likely N-dealkylation sites (tertiary alicyclic amines) is 1. The highest BCUT2D eigenvalue weighted by Gasteiger charge is 2.25. The molecule has 16 heavy (non-hydrogen) atoms. The molecule has 1 fully saturated rings. The number of nitrogens with zero attached hydrogens (tertiary/aromatic N) is 1. The van der Waals surface area contributed by atoms with Gasteiger partial charge in [0.25, 0.3) is 0 Å². The molecule has 1 heterocycles. The minimum atomic E-state index is -0.0206. The molecule has 1 unspecified atom stereocenters. The second-order valence-corrected chi connectivity index (χ2v) is 5.33. The van der Waals surface area contributed by atoms with Crippen LogP contribution in [0, 0.1) is 0 Å². The number of nitrogens with two attached hydrogens (primary N) is 1. The van der Waals surface area contributed by atoms with E-state index in [-0.39, 0.29) is 5.54 Å². The van der Waals surface area contributed by atoms with Crippen molar-refractivity contribution in [2.45, 2.75) is 58.1 Å². The van der Waals surface area contributed by atoms with Gasteiger partial charge in [0.2, 0.25) is 0 Å². The number of hydrogen-bond acceptors (Lipinski definition) is 3. The van der Waals surface area contributed by atoms with Crippen LogP contribution in [-0.4, -0.2) is 42.8 Å². The minimum Gasteiger partial charge on any atom is -0.378 e. The van der Waals surface area contributed by atoms with E-state index in [0.29, 0.717) is 6.10 Å². The summed E-state index contributed by atoms with van der Waals surface area (Å²) in [5, 5.41) is 0. The summed E-state index contributed by atoms with van der Waals surface area (Å²) in [5.74, 6) is 0. The van der Waals surface area contributed by atoms with Crippen LogP contribution >= 0.6 is 0 Å². The smallest absolute Gasteiger partial charge is 0.0599 e. The van der Waals surface area contributed by atoms with Crippen molar-refractivity contribution >= 4 is 0 Å². The Morgan fingerprint density at radius 3 is 2.44 bits per heavy atom. The molecule has 0 aliphatic carbocycles. The molecule has 0 spiro atoms. The third kappa shape index (κ3) is 4.81. The van der Waals surface area contributed by atoms with Crippen LogP contribution in [0.1, 0.15) is 46.5 Å². The largest absolute Gasteiger partial charge is 0.378 e. The summed E-state index contributed by atoms with van der Waals surface area (Å²) in [5.41, 5.74) is 6.26. The fourth-order valence-corrected chi connectivity index (χ4v) is 2.63. The predicted molar refractivity (Wildman–Crippen MR) is 68.6 cm³/mol. The molecule has 0 aromatic heterocycles. The van der Waals surface area contributed by atoms with Gasteiger partial charge in [-0.1, -0.05) is 13.3 Å². The van der Waals surface area contributed by atoms with Gasteiger partial charge in [-0.15, -0.1) is 0 Å². The minimum absolute atomic E-state index is 0.0206. The Morgan fingerprint density at radius 2 is 1.94 bits per heavy atom. The lowest BCUT2D eigenvalue weighted by Gasteiger charge is -2.37. The van der Waals surface area contributed by atoms with Gasteiger partial charge in [0, 0.05) is 31.8 Å². The molecule has 0 radical (unpaired) electrons. The van der Waals surface area contributed by atoms with Crippen molar-refractivity contribution in [2.24, 2.45) is 5.73 Å². The Labute approximate surface area is 100 Å². The van der Waals surface area contributed by atoms with E-state index in [4.69, 9.17) is 10.5 Å². The summed E-state index contributed by atoms with van der Waals surface area (Å²) < 4.78 is 5.65. The maximum atomic E-state index is 6.28. The Kier molecular flexibility index (Phi) is 5.73. The second kappa shape index (κ2) is 6.58. The maximum absolute atomic E-state index is 6.28. The van der Waals surface area contributed by atoms with E-state index in [1.165, 1.54) is 6.42 Å². The summed E-state index contributed by atoms with van der Waals surface area (Å²) >= 11 is 0. The first-order valence-electron chi connectivity index (χ1n) is 6.70. The fraction of sp³-hybridized carbons (Fsp3) is 1.00. The van der Waals surface area contributed by atoms with Gasteiger partial charge in [-0.25, -0.2) is 0 Å². The highest BCUT2D eigenvalue weighted by Crippen LogP contribution is 2.17. The number of rotatable bonds is 6. The van der Waals surface area contributed by atoms with E-state index >= 15 is 0 Å². The highest BCUT2D eigenvalue weighted by atomic mass is 16.5. The van der Waals surface area contributed by atoms with Crippen LogP contribution in [0.15, 0.2) is 0 Å². The molecule has 0 saturated carbocycles. The van der Waals surface area contributed by atoms with Gasteiger partial charge < -0.3 is 15.4 Å². The summed E-state index contributed by atoms with van der Waals surface area (Å²) in [6.07, 6.45) is 5.09. The first-order chi connectivity index (χ1) is 7.57. The molecular formula is C13H28N2O. The first-order valence-corrected chi connectivity index (χ1v) is 6.70. The van der Waals surface area contributed by atoms with Crippen molar-refractivity contribution < 1.29 is 4.74 Å². The van der Waals surface area contributed by atoms with Crippen molar-refractivity contribution in [2.75, 3.05) is 26.2 Å². The quantitative estimate of drug-likeness (QED) is 0.756. The highest BCUT2D eigenvalue weighted by molar-refractivity contribution is 4.84. The predicted octanol–water partition coefficient (Wildman–Crippen LogP) is 2.00. The van der Waals surface area contributed by atoms with E-state index in [1.807, 2.05) is 0 Å². The average Bonchev–Trinajstić information content (AvgIpc) is 2.21. The van der Waals surface area contributed by atoms with Gasteiger partial charge in [-0.05, 0) is 33.1 Å². The molecule has 1 aliphatic heterocycles. The van der Waals surface area contributed by atoms with E-state index < -0.39 is 0 Å². The zero-order chi connectivity index (χ0) is 12.0. The molecule has 1 atom stereocenters. The van der Waals surface area contributed by atoms with Crippen molar-refractivity contribution in [3.05, 3.63) is 0 Å². The zero-order valence-electron chi connectivity index (χ0n) is 11.2. The lowest BCUT2D eigenvalue weighted by atomic mass is 9.95. The SMILES string of the molecule is CCCC(C)(N)CN1CCC(OCC)CC1. The van der Waals surface area contributed by atoms with Crippen molar-refractivity contribution in [3.63, 3.8) is 0 Å². The normalized spacial score (nSPS) is 23.2. The standard InChI is InChI=1S/C13H28N2O/c1-4-8-13(3,14)11-15-9-6-12(7-10-15)16-5-2/h12H,4-11,14H2,1-3H3. The molecule has 96 valence electrons. The van der Waals surface area contributed by atoms with Crippen LogP contribution in [0.25, 0.3) is 0 Å². The molecule has 0 amide bonds. The van der Waals surface area contributed by atoms with Gasteiger partial charge in [0.1, 0.15) is 0 Å². The maximum Gasteiger partial charge on any atom is 0.0599 e. The molecule has 1 rings (SSSR count). The summed E-state index contributed by atoms with van der Waals surface area (Å²) in [7, 11) is 0. The average molecular weight is 228 g/mol. The fourth-order valence-electron chi connectivity index (χ4n) is 2.63. The number of piperidine rings is 1. The molecule has 0 bridgehead atoms. The Morgan fingerprint density at radius 1 is 1.31 bits per heavy atom. The topological polar surface area (TPSA) is 38.5 Å². The van der Waals surface area contributed by atoms with E-state index in [9.17, 15) is 0 Å². The molecule has 3 nitrogen and oxygen atoms in total. The summed E-state index contributed by atoms with van der Waals surface area (Å²) in [6.45, 7) is 10.6. The van der Waals surface area contributed by atoms with Crippen LogP contribution < -0.4 is 5.73 Å². The molecule has 0 aromatic carbocycles. The van der Waals surface area contributed by atoms with E-state index in [2.05, 4.69) is 25.7 Å². The Hall–Kier alpha value is -0.120. The first kappa shape index (κ1) is 13.9. The number of hydrogen-bond donors (Lipinski definition) is 1. The lowest BCUT2D eigenvalue weighted by Crippen LogP contribution is -2.50. The lowest BCUT2D eigenvalue weighted by molar-refractivity contribution is 0.00987. The van der Waals surface area contributed by atoms with Crippen LogP contribution in [0.2, 0.25) is 0 Å². The van der Waals surface area contributed by atoms with Crippen LogP contribution in [0.5, 0.6) is 0 Å². The van der Waals surface area contributed by atoms with E-state index in [0.717, 1.165) is 45.5 Å².